The Morgan fingerprint density at radius 3 is 2.32 bits per heavy atom. The molecule has 28 heavy (non-hydrogen) atoms. The van der Waals surface area contributed by atoms with E-state index in [0.717, 1.165) is 4.88 Å². The molecule has 1 amide bonds. The molecule has 1 aromatic heterocycles. The normalized spacial score (nSPS) is 10.6. The monoisotopic (exact) mass is 405 g/mol. The molecule has 1 heterocycles. The van der Waals surface area contributed by atoms with Crippen molar-refractivity contribution in [3.05, 3.63) is 46.2 Å². The van der Waals surface area contributed by atoms with E-state index in [9.17, 15) is 9.59 Å². The van der Waals surface area contributed by atoms with E-state index in [1.807, 2.05) is 17.5 Å². The van der Waals surface area contributed by atoms with Gasteiger partial charge >= 0.3 is 5.97 Å². The Labute approximate surface area is 168 Å². The second-order valence-electron chi connectivity index (χ2n) is 5.73. The molecule has 0 bridgehead atoms. The van der Waals surface area contributed by atoms with Crippen LogP contribution in [0.25, 0.3) is 6.08 Å². The smallest absolute Gasteiger partial charge is 0.331 e. The summed E-state index contributed by atoms with van der Waals surface area (Å²) in [5, 5.41) is 1.95. The number of nitrogens with zero attached hydrogens (tertiary/aromatic N) is 1. The molecule has 0 spiro atoms. The van der Waals surface area contributed by atoms with Crippen LogP contribution in [0.5, 0.6) is 17.2 Å². The fourth-order valence-electron chi connectivity index (χ4n) is 2.38. The topological polar surface area (TPSA) is 74.3 Å². The van der Waals surface area contributed by atoms with Crippen molar-refractivity contribution in [3.8, 4) is 17.2 Å². The van der Waals surface area contributed by atoms with E-state index in [4.69, 9.17) is 18.9 Å². The minimum absolute atomic E-state index is 0.275. The molecular weight excluding hydrogens is 382 g/mol. The summed E-state index contributed by atoms with van der Waals surface area (Å²) < 4.78 is 20.8. The van der Waals surface area contributed by atoms with Gasteiger partial charge in [0.15, 0.2) is 18.1 Å². The number of methoxy groups -OCH3 is 3. The lowest BCUT2D eigenvalue weighted by Gasteiger charge is -2.15. The Balaban J connectivity index is 1.93. The highest BCUT2D eigenvalue weighted by Crippen LogP contribution is 2.38. The number of esters is 1. The van der Waals surface area contributed by atoms with Crippen LogP contribution in [-0.2, 0) is 20.9 Å². The Kier molecular flexibility index (Phi) is 7.88. The Morgan fingerprint density at radius 1 is 1.11 bits per heavy atom. The largest absolute Gasteiger partial charge is 0.493 e. The Bertz CT molecular complexity index is 806. The van der Waals surface area contributed by atoms with E-state index in [-0.39, 0.29) is 12.5 Å². The Morgan fingerprint density at radius 2 is 1.79 bits per heavy atom. The number of hydrogen-bond donors (Lipinski definition) is 0. The fourth-order valence-corrected chi connectivity index (χ4v) is 3.13. The van der Waals surface area contributed by atoms with E-state index in [0.29, 0.717) is 29.4 Å². The van der Waals surface area contributed by atoms with Crippen LogP contribution < -0.4 is 14.2 Å². The first-order valence-corrected chi connectivity index (χ1v) is 9.27. The maximum Gasteiger partial charge on any atom is 0.331 e. The molecule has 0 N–H and O–H groups in total. The summed E-state index contributed by atoms with van der Waals surface area (Å²) in [6.07, 6.45) is 2.79. The van der Waals surface area contributed by atoms with Crippen LogP contribution in [0.4, 0.5) is 0 Å². The standard InChI is InChI=1S/C20H23NO6S/c1-21(12-15-6-5-9-28-15)18(22)13-27-19(23)8-7-14-10-16(24-2)20(26-4)17(11-14)25-3/h5-11H,12-13H2,1-4H3/b8-7+. The van der Waals surface area contributed by atoms with Gasteiger partial charge in [-0.2, -0.15) is 0 Å². The van der Waals surface area contributed by atoms with Gasteiger partial charge in [0.05, 0.1) is 27.9 Å². The van der Waals surface area contributed by atoms with Gasteiger partial charge < -0.3 is 23.8 Å². The molecule has 0 atom stereocenters. The summed E-state index contributed by atoms with van der Waals surface area (Å²) in [6, 6.07) is 7.27. The van der Waals surface area contributed by atoms with Crippen molar-refractivity contribution in [1.29, 1.82) is 0 Å². The van der Waals surface area contributed by atoms with Crippen molar-refractivity contribution in [2.45, 2.75) is 6.54 Å². The summed E-state index contributed by atoms with van der Waals surface area (Å²) in [5.41, 5.74) is 0.660. The first-order chi connectivity index (χ1) is 13.5. The third kappa shape index (κ3) is 5.75. The zero-order valence-corrected chi connectivity index (χ0v) is 17.1. The third-order valence-corrected chi connectivity index (χ3v) is 4.70. The first-order valence-electron chi connectivity index (χ1n) is 8.39. The number of carbonyl (C=O) groups excluding carboxylic acids is 2. The molecule has 0 saturated carbocycles. The van der Waals surface area contributed by atoms with Gasteiger partial charge in [0.25, 0.3) is 5.91 Å². The highest BCUT2D eigenvalue weighted by Gasteiger charge is 2.13. The molecule has 2 aromatic rings. The lowest BCUT2D eigenvalue weighted by molar-refractivity contribution is -0.147. The predicted octanol–water partition coefficient (Wildman–Crippen LogP) is 2.99. The lowest BCUT2D eigenvalue weighted by atomic mass is 10.1. The summed E-state index contributed by atoms with van der Waals surface area (Å²) >= 11 is 1.57. The molecule has 0 aliphatic rings. The molecule has 0 radical (unpaired) electrons. The van der Waals surface area contributed by atoms with Gasteiger partial charge in [-0.05, 0) is 35.2 Å². The van der Waals surface area contributed by atoms with E-state index in [1.54, 1.807) is 36.6 Å². The molecule has 0 saturated heterocycles. The number of rotatable bonds is 9. The van der Waals surface area contributed by atoms with E-state index in [2.05, 4.69) is 0 Å². The fraction of sp³-hybridized carbons (Fsp3) is 0.300. The summed E-state index contributed by atoms with van der Waals surface area (Å²) in [7, 11) is 6.20. The quantitative estimate of drug-likeness (QED) is 0.472. The maximum atomic E-state index is 12.1. The second kappa shape index (κ2) is 10.4. The van der Waals surface area contributed by atoms with Crippen LogP contribution in [-0.4, -0.2) is 51.8 Å². The van der Waals surface area contributed by atoms with Gasteiger partial charge in [-0.15, -0.1) is 11.3 Å². The van der Waals surface area contributed by atoms with Crippen LogP contribution in [0.3, 0.4) is 0 Å². The van der Waals surface area contributed by atoms with Gasteiger partial charge in [0.2, 0.25) is 5.75 Å². The first kappa shape index (κ1) is 21.3. The average molecular weight is 405 g/mol. The number of likely N-dealkylation sites (N-methyl/N-ethyl adjacent to an activating group) is 1. The highest BCUT2D eigenvalue weighted by atomic mass is 32.1. The minimum atomic E-state index is -0.619. The number of hydrogen-bond acceptors (Lipinski definition) is 7. The molecule has 1 aromatic carbocycles. The number of benzene rings is 1. The molecule has 0 aliphatic heterocycles. The number of thiophene rings is 1. The second-order valence-corrected chi connectivity index (χ2v) is 6.76. The van der Waals surface area contributed by atoms with E-state index >= 15 is 0 Å². The average Bonchev–Trinajstić information content (AvgIpc) is 3.22. The van der Waals surface area contributed by atoms with Crippen LogP contribution in [0, 0.1) is 0 Å². The van der Waals surface area contributed by atoms with Crippen molar-refractivity contribution in [3.63, 3.8) is 0 Å². The van der Waals surface area contributed by atoms with E-state index in [1.165, 1.54) is 32.3 Å². The molecular formula is C20H23NO6S. The van der Waals surface area contributed by atoms with Gasteiger partial charge in [-0.3, -0.25) is 4.79 Å². The molecule has 0 unspecified atom stereocenters. The molecule has 2 rings (SSSR count). The highest BCUT2D eigenvalue weighted by molar-refractivity contribution is 7.09. The number of ether oxygens (including phenoxy) is 4. The van der Waals surface area contributed by atoms with Crippen LogP contribution >= 0.6 is 11.3 Å². The van der Waals surface area contributed by atoms with E-state index < -0.39 is 5.97 Å². The minimum Gasteiger partial charge on any atom is -0.493 e. The molecule has 8 heteroatoms. The molecule has 7 nitrogen and oxygen atoms in total. The van der Waals surface area contributed by atoms with Gasteiger partial charge in [0.1, 0.15) is 0 Å². The number of carbonyl (C=O) groups is 2. The molecule has 0 aliphatic carbocycles. The SMILES string of the molecule is COc1cc(/C=C/C(=O)OCC(=O)N(C)Cc2cccs2)cc(OC)c1OC. The third-order valence-electron chi connectivity index (χ3n) is 3.84. The Hall–Kier alpha value is -3.00. The van der Waals surface area contributed by atoms with Gasteiger partial charge in [-0.25, -0.2) is 4.79 Å². The van der Waals surface area contributed by atoms with Crippen LogP contribution in [0.15, 0.2) is 35.7 Å². The maximum absolute atomic E-state index is 12.1. The predicted molar refractivity (Wildman–Crippen MR) is 107 cm³/mol. The van der Waals surface area contributed by atoms with Crippen molar-refractivity contribution in [2.75, 3.05) is 35.0 Å². The van der Waals surface area contributed by atoms with Crippen molar-refractivity contribution in [1.82, 2.24) is 4.90 Å². The van der Waals surface area contributed by atoms with Crippen LogP contribution in [0.2, 0.25) is 0 Å². The zero-order chi connectivity index (χ0) is 20.5. The van der Waals surface area contributed by atoms with Crippen molar-refractivity contribution >= 4 is 29.3 Å². The molecule has 0 fully saturated rings. The van der Waals surface area contributed by atoms with Crippen molar-refractivity contribution in [2.24, 2.45) is 0 Å². The summed E-state index contributed by atoms with van der Waals surface area (Å²) in [4.78, 5) is 26.6. The number of amides is 1. The summed E-state index contributed by atoms with van der Waals surface area (Å²) in [5.74, 6) is 0.513. The van der Waals surface area contributed by atoms with Gasteiger partial charge in [-0.1, -0.05) is 6.07 Å². The van der Waals surface area contributed by atoms with Crippen LogP contribution in [0.1, 0.15) is 10.4 Å². The zero-order valence-electron chi connectivity index (χ0n) is 16.3. The van der Waals surface area contributed by atoms with Gasteiger partial charge in [0, 0.05) is 18.0 Å². The van der Waals surface area contributed by atoms with Crippen molar-refractivity contribution < 1.29 is 28.5 Å². The molecule has 150 valence electrons. The lowest BCUT2D eigenvalue weighted by Crippen LogP contribution is -2.30. The summed E-state index contributed by atoms with van der Waals surface area (Å²) in [6.45, 7) is 0.162.